The lowest BCUT2D eigenvalue weighted by molar-refractivity contribution is 0.386. The zero-order valence-electron chi connectivity index (χ0n) is 21.9. The second-order valence-electron chi connectivity index (χ2n) is 9.41. The van der Waals surface area contributed by atoms with E-state index < -0.39 is 11.9 Å². The van der Waals surface area contributed by atoms with Crippen LogP contribution < -0.4 is 16.0 Å². The van der Waals surface area contributed by atoms with Gasteiger partial charge in [-0.3, -0.25) is 9.20 Å². The molecule has 0 fully saturated rings. The molecular formula is C29H24ClFN6O2S. The van der Waals surface area contributed by atoms with Crippen molar-refractivity contribution in [2.45, 2.75) is 26.3 Å². The summed E-state index contributed by atoms with van der Waals surface area (Å²) < 4.78 is 23.1. The normalized spacial score (nSPS) is 12.3. The first-order valence-electron chi connectivity index (χ1n) is 12.5. The Bertz CT molecular complexity index is 1980. The van der Waals surface area contributed by atoms with E-state index in [2.05, 4.69) is 9.97 Å². The molecule has 2 N–H and O–H groups in total. The van der Waals surface area contributed by atoms with Gasteiger partial charge in [0.2, 0.25) is 0 Å². The Morgan fingerprint density at radius 2 is 1.98 bits per heavy atom. The van der Waals surface area contributed by atoms with Crippen LogP contribution in [0.15, 0.2) is 65.0 Å². The van der Waals surface area contributed by atoms with Crippen molar-refractivity contribution in [2.24, 2.45) is 0 Å². The van der Waals surface area contributed by atoms with E-state index in [4.69, 9.17) is 27.2 Å². The van der Waals surface area contributed by atoms with Gasteiger partial charge >= 0.3 is 0 Å². The molecule has 4 aromatic heterocycles. The van der Waals surface area contributed by atoms with E-state index in [9.17, 15) is 9.18 Å². The minimum Gasteiger partial charge on any atom is -0.494 e. The quantitative estimate of drug-likeness (QED) is 0.243. The van der Waals surface area contributed by atoms with Crippen molar-refractivity contribution >= 4 is 44.6 Å². The smallest absolute Gasteiger partial charge is 0.265 e. The molecular weight excluding hydrogens is 551 g/mol. The lowest BCUT2D eigenvalue weighted by Crippen LogP contribution is -2.21. The number of anilines is 1. The van der Waals surface area contributed by atoms with Gasteiger partial charge in [0.15, 0.2) is 17.2 Å². The van der Waals surface area contributed by atoms with Gasteiger partial charge < -0.3 is 10.5 Å². The van der Waals surface area contributed by atoms with Gasteiger partial charge in [-0.1, -0.05) is 48.4 Å². The number of thiazole rings is 1. The summed E-state index contributed by atoms with van der Waals surface area (Å²) in [7, 11) is 1.41. The highest BCUT2D eigenvalue weighted by Crippen LogP contribution is 2.38. The van der Waals surface area contributed by atoms with E-state index in [1.165, 1.54) is 41.3 Å². The second kappa shape index (κ2) is 10.0. The number of nitrogens with two attached hydrogens (primary N) is 1. The van der Waals surface area contributed by atoms with Crippen LogP contribution in [0.3, 0.4) is 0 Å². The first-order valence-corrected chi connectivity index (χ1v) is 13.8. The maximum Gasteiger partial charge on any atom is 0.265 e. The van der Waals surface area contributed by atoms with Gasteiger partial charge in [-0.15, -0.1) is 11.3 Å². The van der Waals surface area contributed by atoms with Crippen molar-refractivity contribution < 1.29 is 9.13 Å². The van der Waals surface area contributed by atoms with Gasteiger partial charge in [0.1, 0.15) is 27.8 Å². The Morgan fingerprint density at radius 1 is 1.15 bits per heavy atom. The molecule has 40 heavy (non-hydrogen) atoms. The van der Waals surface area contributed by atoms with E-state index in [1.807, 2.05) is 44.2 Å². The van der Waals surface area contributed by atoms with E-state index in [-0.39, 0.29) is 17.1 Å². The second-order valence-corrected chi connectivity index (χ2v) is 10.7. The molecule has 2 aromatic carbocycles. The van der Waals surface area contributed by atoms with Gasteiger partial charge in [-0.2, -0.15) is 5.10 Å². The standard InChI is InChI=1S/C29H24ClFN6O2S/c1-4-20(18-12-23-36(22(30)13-40-23)29(38)24(18)16-7-5-6-15(2)10-16)37-28-25(27(32)33-14-34-28)26(35-37)17-8-9-21(39-3)19(31)11-17/h5-14,20H,4H2,1-3H3,(H2,32,33,34)/t20-/m0/s1. The number of nitrogen functional groups attached to an aromatic ring is 1. The molecule has 4 heterocycles. The van der Waals surface area contributed by atoms with Gasteiger partial charge in [0.25, 0.3) is 5.56 Å². The van der Waals surface area contributed by atoms with Crippen molar-refractivity contribution in [2.75, 3.05) is 12.8 Å². The van der Waals surface area contributed by atoms with Crippen LogP contribution in [0.2, 0.25) is 5.15 Å². The third-order valence-electron chi connectivity index (χ3n) is 6.99. The van der Waals surface area contributed by atoms with Crippen LogP contribution in [0.5, 0.6) is 5.75 Å². The molecule has 0 aliphatic heterocycles. The highest BCUT2D eigenvalue weighted by atomic mass is 35.5. The number of hydrogen-bond acceptors (Lipinski definition) is 7. The van der Waals surface area contributed by atoms with Crippen LogP contribution in [0.1, 0.15) is 30.5 Å². The molecule has 0 unspecified atom stereocenters. The van der Waals surface area contributed by atoms with E-state index in [0.29, 0.717) is 44.3 Å². The predicted molar refractivity (Wildman–Crippen MR) is 157 cm³/mol. The summed E-state index contributed by atoms with van der Waals surface area (Å²) in [5, 5.41) is 7.53. The molecule has 0 aliphatic carbocycles. The van der Waals surface area contributed by atoms with Crippen LogP contribution in [0, 0.1) is 12.7 Å². The molecule has 202 valence electrons. The van der Waals surface area contributed by atoms with Gasteiger partial charge in [-0.25, -0.2) is 19.0 Å². The SMILES string of the molecule is CC[C@@H](c1cc2scc(Cl)n2c(=O)c1-c1cccc(C)c1)n1nc(-c2ccc(OC)c(F)c2)c2c(N)ncnc21. The number of hydrogen-bond donors (Lipinski definition) is 1. The van der Waals surface area contributed by atoms with Crippen molar-refractivity contribution in [3.63, 3.8) is 0 Å². The summed E-state index contributed by atoms with van der Waals surface area (Å²) in [6.07, 6.45) is 1.95. The minimum absolute atomic E-state index is 0.120. The number of pyridine rings is 1. The molecule has 8 nitrogen and oxygen atoms in total. The van der Waals surface area contributed by atoms with Crippen molar-refractivity contribution in [3.05, 3.63) is 92.7 Å². The molecule has 0 bridgehead atoms. The van der Waals surface area contributed by atoms with Crippen LogP contribution in [0.25, 0.3) is 38.2 Å². The summed E-state index contributed by atoms with van der Waals surface area (Å²) in [6, 6.07) is 14.0. The lowest BCUT2D eigenvalue weighted by atomic mass is 9.94. The summed E-state index contributed by atoms with van der Waals surface area (Å²) >= 11 is 7.83. The molecule has 1 atom stereocenters. The number of aryl methyl sites for hydroxylation is 1. The Kier molecular flexibility index (Phi) is 6.52. The van der Waals surface area contributed by atoms with Gasteiger partial charge in [0.05, 0.1) is 24.1 Å². The fourth-order valence-corrected chi connectivity index (χ4v) is 6.32. The summed E-state index contributed by atoms with van der Waals surface area (Å²) in [4.78, 5) is 23.4. The Labute approximate surface area is 237 Å². The highest BCUT2D eigenvalue weighted by molar-refractivity contribution is 7.16. The zero-order chi connectivity index (χ0) is 28.1. The molecule has 6 aromatic rings. The molecule has 0 aliphatic rings. The van der Waals surface area contributed by atoms with E-state index in [0.717, 1.165) is 16.7 Å². The minimum atomic E-state index is -0.528. The Balaban J connectivity index is 1.65. The fraction of sp³-hybridized carbons (Fsp3) is 0.172. The number of methoxy groups -OCH3 is 1. The van der Waals surface area contributed by atoms with Gasteiger partial charge in [-0.05, 0) is 48.7 Å². The summed E-state index contributed by atoms with van der Waals surface area (Å²) in [5.74, 6) is -0.189. The van der Waals surface area contributed by atoms with Crippen LogP contribution >= 0.6 is 22.9 Å². The van der Waals surface area contributed by atoms with E-state index in [1.54, 1.807) is 16.1 Å². The first kappa shape index (κ1) is 26.0. The molecule has 0 radical (unpaired) electrons. The molecule has 11 heteroatoms. The first-order chi connectivity index (χ1) is 19.3. The molecule has 0 saturated heterocycles. The van der Waals surface area contributed by atoms with Crippen molar-refractivity contribution in [1.82, 2.24) is 24.1 Å². The molecule has 6 rings (SSSR count). The number of halogens is 2. The Morgan fingerprint density at radius 3 is 2.70 bits per heavy atom. The topological polar surface area (TPSA) is 100 Å². The largest absolute Gasteiger partial charge is 0.494 e. The monoisotopic (exact) mass is 574 g/mol. The fourth-order valence-electron chi connectivity index (χ4n) is 5.16. The highest BCUT2D eigenvalue weighted by Gasteiger charge is 2.27. The molecule has 0 spiro atoms. The predicted octanol–water partition coefficient (Wildman–Crippen LogP) is 6.53. The third kappa shape index (κ3) is 4.11. The van der Waals surface area contributed by atoms with Gasteiger partial charge in [0, 0.05) is 10.9 Å². The number of nitrogens with zero attached hydrogens (tertiary/aromatic N) is 5. The van der Waals surface area contributed by atoms with Crippen LogP contribution in [-0.4, -0.2) is 31.3 Å². The average molecular weight is 575 g/mol. The zero-order valence-corrected chi connectivity index (χ0v) is 23.4. The van der Waals surface area contributed by atoms with Crippen molar-refractivity contribution in [3.8, 4) is 28.1 Å². The van der Waals surface area contributed by atoms with Crippen LogP contribution in [0.4, 0.5) is 10.2 Å². The number of aromatic nitrogens is 5. The van der Waals surface area contributed by atoms with Crippen molar-refractivity contribution in [1.29, 1.82) is 0 Å². The Hall–Kier alpha value is -4.28. The maximum atomic E-state index is 14.7. The summed E-state index contributed by atoms with van der Waals surface area (Å²) in [6.45, 7) is 3.99. The molecule has 0 saturated carbocycles. The number of rotatable bonds is 6. The number of benzene rings is 2. The lowest BCUT2D eigenvalue weighted by Gasteiger charge is -2.21. The van der Waals surface area contributed by atoms with Crippen LogP contribution in [-0.2, 0) is 0 Å². The average Bonchev–Trinajstić information content (AvgIpc) is 3.51. The maximum absolute atomic E-state index is 14.7. The number of fused-ring (bicyclic) bond motifs is 2. The third-order valence-corrected chi connectivity index (χ3v) is 8.28. The number of ether oxygens (including phenoxy) is 1. The molecule has 0 amide bonds. The summed E-state index contributed by atoms with van der Waals surface area (Å²) in [5.41, 5.74) is 10.6. The van der Waals surface area contributed by atoms with E-state index >= 15 is 0 Å².